The first-order valence-corrected chi connectivity index (χ1v) is 9.53. The molecule has 0 unspecified atom stereocenters. The monoisotopic (exact) mass is 442 g/mol. The number of fused-ring (bicyclic) bond motifs is 1. The van der Waals surface area contributed by atoms with E-state index in [9.17, 15) is 18.0 Å². The maximum Gasteiger partial charge on any atom is 0.418 e. The van der Waals surface area contributed by atoms with Gasteiger partial charge in [0, 0.05) is 11.6 Å². The fourth-order valence-electron chi connectivity index (χ4n) is 2.94. The van der Waals surface area contributed by atoms with Gasteiger partial charge in [0.15, 0.2) is 11.5 Å². The number of nitrogens with one attached hydrogen (secondary N) is 2. The molecule has 4 rings (SSSR count). The molecule has 0 radical (unpaired) electrons. The first kappa shape index (κ1) is 21.1. The zero-order valence-electron chi connectivity index (χ0n) is 16.5. The summed E-state index contributed by atoms with van der Waals surface area (Å²) in [4.78, 5) is 12.0. The number of carbonyl (C=O) groups is 1. The van der Waals surface area contributed by atoms with Gasteiger partial charge in [0.2, 0.25) is 5.88 Å². The Morgan fingerprint density at radius 1 is 0.969 bits per heavy atom. The average Bonchev–Trinajstić information content (AvgIpc) is 3.20. The lowest BCUT2D eigenvalue weighted by Crippen LogP contribution is -2.33. The second kappa shape index (κ2) is 8.92. The van der Waals surface area contributed by atoms with E-state index in [0.29, 0.717) is 11.5 Å². The van der Waals surface area contributed by atoms with Gasteiger partial charge >= 0.3 is 12.2 Å². The van der Waals surface area contributed by atoms with E-state index >= 15 is 0 Å². The molecule has 2 aromatic heterocycles. The Kier molecular flexibility index (Phi) is 5.88. The van der Waals surface area contributed by atoms with Crippen LogP contribution in [0.1, 0.15) is 5.56 Å². The van der Waals surface area contributed by atoms with Crippen LogP contribution in [0, 0.1) is 0 Å². The maximum absolute atomic E-state index is 13.0. The smallest absolute Gasteiger partial charge is 0.418 e. The Morgan fingerprint density at radius 3 is 2.50 bits per heavy atom. The number of hydrogen-bond donors (Lipinski definition) is 2. The third-order valence-corrected chi connectivity index (χ3v) is 4.39. The van der Waals surface area contributed by atoms with Gasteiger partial charge in [-0.15, -0.1) is 15.3 Å². The number of benzene rings is 2. The Morgan fingerprint density at radius 2 is 1.72 bits per heavy atom. The Labute approximate surface area is 180 Å². The minimum Gasteiger partial charge on any atom is -0.475 e. The number of ether oxygens (including phenoxy) is 1. The summed E-state index contributed by atoms with van der Waals surface area (Å²) in [6.07, 6.45) is -4.57. The highest BCUT2D eigenvalue weighted by molar-refractivity contribution is 5.90. The molecule has 0 aliphatic heterocycles. The molecule has 0 saturated carbocycles. The van der Waals surface area contributed by atoms with Gasteiger partial charge in [0.25, 0.3) is 0 Å². The first-order chi connectivity index (χ1) is 15.4. The fourth-order valence-corrected chi connectivity index (χ4v) is 2.94. The fraction of sp³-hybridized carbons (Fsp3) is 0.143. The number of amides is 2. The van der Waals surface area contributed by atoms with Crippen LogP contribution in [0.15, 0.2) is 66.7 Å². The summed E-state index contributed by atoms with van der Waals surface area (Å²) in [6, 6.07) is 16.7. The van der Waals surface area contributed by atoms with Crippen LogP contribution in [0.5, 0.6) is 5.88 Å². The van der Waals surface area contributed by atoms with Crippen molar-refractivity contribution in [2.45, 2.75) is 6.18 Å². The van der Waals surface area contributed by atoms with Gasteiger partial charge in [0.05, 0.1) is 17.8 Å². The van der Waals surface area contributed by atoms with E-state index in [4.69, 9.17) is 4.74 Å². The van der Waals surface area contributed by atoms with Crippen LogP contribution >= 0.6 is 0 Å². The van der Waals surface area contributed by atoms with Crippen molar-refractivity contribution < 1.29 is 22.7 Å². The molecule has 0 bridgehead atoms. The van der Waals surface area contributed by atoms with Crippen LogP contribution in [0.25, 0.3) is 17.0 Å². The highest BCUT2D eigenvalue weighted by Gasteiger charge is 2.33. The number of nitrogens with zero attached hydrogens (tertiary/aromatic N) is 4. The third kappa shape index (κ3) is 4.77. The molecule has 32 heavy (non-hydrogen) atoms. The number of halogens is 3. The van der Waals surface area contributed by atoms with Crippen LogP contribution in [0.4, 0.5) is 23.7 Å². The molecule has 0 spiro atoms. The second-order valence-corrected chi connectivity index (χ2v) is 6.60. The average molecular weight is 442 g/mol. The number of alkyl halides is 3. The number of rotatable bonds is 6. The number of aromatic nitrogens is 4. The zero-order chi connectivity index (χ0) is 22.6. The third-order valence-electron chi connectivity index (χ3n) is 4.39. The second-order valence-electron chi connectivity index (χ2n) is 6.60. The molecule has 0 fully saturated rings. The number of para-hydroxylation sites is 1. The Bertz CT molecular complexity index is 1230. The molecule has 0 aliphatic carbocycles. The summed E-state index contributed by atoms with van der Waals surface area (Å²) in [5.41, 5.74) is 0.123. The Balaban J connectivity index is 1.34. The lowest BCUT2D eigenvalue weighted by Gasteiger charge is -2.14. The van der Waals surface area contributed by atoms with E-state index in [2.05, 4.69) is 25.9 Å². The largest absolute Gasteiger partial charge is 0.475 e. The maximum atomic E-state index is 13.0. The van der Waals surface area contributed by atoms with Gasteiger partial charge in [-0.2, -0.15) is 17.7 Å². The summed E-state index contributed by atoms with van der Waals surface area (Å²) in [6.45, 7) is 0.100. The molecular formula is C21H17F3N6O2. The predicted octanol–water partition coefficient (Wildman–Crippen LogP) is 4.01. The summed E-state index contributed by atoms with van der Waals surface area (Å²) >= 11 is 0. The van der Waals surface area contributed by atoms with Crippen molar-refractivity contribution >= 4 is 17.4 Å². The minimum atomic E-state index is -4.57. The molecular weight excluding hydrogens is 425 g/mol. The molecule has 2 N–H and O–H groups in total. The summed E-state index contributed by atoms with van der Waals surface area (Å²) in [5.74, 6) is 0.825. The zero-order valence-corrected chi connectivity index (χ0v) is 16.5. The van der Waals surface area contributed by atoms with Gasteiger partial charge in [-0.1, -0.05) is 42.5 Å². The van der Waals surface area contributed by atoms with E-state index in [1.807, 2.05) is 30.3 Å². The highest BCUT2D eigenvalue weighted by atomic mass is 19.4. The molecule has 164 valence electrons. The normalized spacial score (nSPS) is 11.3. The molecule has 4 aromatic rings. The van der Waals surface area contributed by atoms with Crippen molar-refractivity contribution in [3.05, 3.63) is 72.3 Å². The quantitative estimate of drug-likeness (QED) is 0.440. The van der Waals surface area contributed by atoms with Gasteiger partial charge in [-0.05, 0) is 18.2 Å². The standard InChI is InChI=1S/C21H17F3N6O2/c22-21(23,24)15-8-4-5-9-16(15)26-20(31)25-12-13-32-18-11-10-17-27-28-19(30(17)29-18)14-6-2-1-3-7-14/h1-11H,12-13H2,(H2,25,26,31). The number of anilines is 1. The predicted molar refractivity (Wildman–Crippen MR) is 110 cm³/mol. The van der Waals surface area contributed by atoms with Gasteiger partial charge < -0.3 is 15.4 Å². The van der Waals surface area contributed by atoms with Crippen LogP contribution < -0.4 is 15.4 Å². The number of urea groups is 1. The molecule has 0 atom stereocenters. The lowest BCUT2D eigenvalue weighted by molar-refractivity contribution is -0.136. The molecule has 2 aromatic carbocycles. The van der Waals surface area contributed by atoms with E-state index in [-0.39, 0.29) is 24.7 Å². The van der Waals surface area contributed by atoms with Crippen molar-refractivity contribution in [2.24, 2.45) is 0 Å². The first-order valence-electron chi connectivity index (χ1n) is 9.53. The summed E-state index contributed by atoms with van der Waals surface area (Å²) < 4.78 is 46.1. The van der Waals surface area contributed by atoms with Crippen molar-refractivity contribution in [1.29, 1.82) is 0 Å². The molecule has 2 amide bonds. The molecule has 0 aliphatic rings. The van der Waals surface area contributed by atoms with Crippen LogP contribution in [-0.2, 0) is 6.18 Å². The van der Waals surface area contributed by atoms with Crippen molar-refractivity contribution in [2.75, 3.05) is 18.5 Å². The van der Waals surface area contributed by atoms with Crippen LogP contribution in [-0.4, -0.2) is 39.0 Å². The van der Waals surface area contributed by atoms with E-state index in [1.54, 1.807) is 16.6 Å². The topological polar surface area (TPSA) is 93.4 Å². The number of hydrogen-bond acceptors (Lipinski definition) is 5. The molecule has 8 nitrogen and oxygen atoms in total. The van der Waals surface area contributed by atoms with Gasteiger partial charge in [-0.3, -0.25) is 0 Å². The van der Waals surface area contributed by atoms with Crippen molar-refractivity contribution in [3.63, 3.8) is 0 Å². The van der Waals surface area contributed by atoms with Gasteiger partial charge in [-0.25, -0.2) is 4.79 Å². The van der Waals surface area contributed by atoms with E-state index in [0.717, 1.165) is 11.6 Å². The molecule has 0 saturated heterocycles. The van der Waals surface area contributed by atoms with Crippen LogP contribution in [0.3, 0.4) is 0 Å². The number of carbonyl (C=O) groups excluding carboxylic acids is 1. The van der Waals surface area contributed by atoms with E-state index in [1.165, 1.54) is 18.2 Å². The summed E-state index contributed by atoms with van der Waals surface area (Å²) in [5, 5.41) is 17.2. The molecule has 2 heterocycles. The minimum absolute atomic E-state index is 0.0491. The lowest BCUT2D eigenvalue weighted by atomic mass is 10.1. The van der Waals surface area contributed by atoms with E-state index < -0.39 is 17.8 Å². The SMILES string of the molecule is O=C(NCCOc1ccc2nnc(-c3ccccc3)n2n1)Nc1ccccc1C(F)(F)F. The van der Waals surface area contributed by atoms with Gasteiger partial charge in [0.1, 0.15) is 6.61 Å². The highest BCUT2D eigenvalue weighted by Crippen LogP contribution is 2.34. The van der Waals surface area contributed by atoms with Crippen LogP contribution in [0.2, 0.25) is 0 Å². The molecule has 11 heteroatoms. The van der Waals surface area contributed by atoms with Crippen molar-refractivity contribution in [3.8, 4) is 17.3 Å². The Hall–Kier alpha value is -4.15. The summed E-state index contributed by atoms with van der Waals surface area (Å²) in [7, 11) is 0. The van der Waals surface area contributed by atoms with Crippen molar-refractivity contribution in [1.82, 2.24) is 25.1 Å².